The Labute approximate surface area is 196 Å². The third-order valence-electron chi connectivity index (χ3n) is 4.69. The van der Waals surface area contributed by atoms with E-state index in [0.717, 1.165) is 0 Å². The number of benzene rings is 2. The first-order chi connectivity index (χ1) is 16.3. The lowest BCUT2D eigenvalue weighted by Crippen LogP contribution is -2.42. The van der Waals surface area contributed by atoms with Gasteiger partial charge in [-0.15, -0.1) is 0 Å². The molecule has 1 aromatic heterocycles. The summed E-state index contributed by atoms with van der Waals surface area (Å²) in [7, 11) is 0. The number of hydrogen-bond donors (Lipinski definition) is 3. The fourth-order valence-corrected chi connectivity index (χ4v) is 2.92. The third kappa shape index (κ3) is 6.67. The number of nitrogens with zero attached hydrogens (tertiary/aromatic N) is 2. The minimum Gasteiger partial charge on any atom is -0.293 e. The van der Waals surface area contributed by atoms with Gasteiger partial charge in [0.05, 0.1) is 17.8 Å². The minimum absolute atomic E-state index is 0.117. The molecule has 0 aliphatic heterocycles. The van der Waals surface area contributed by atoms with E-state index in [1.54, 1.807) is 73.7 Å². The number of rotatable bonds is 7. The summed E-state index contributed by atoms with van der Waals surface area (Å²) >= 11 is 0. The van der Waals surface area contributed by atoms with Gasteiger partial charge in [-0.2, -0.15) is 5.10 Å². The zero-order chi connectivity index (χ0) is 24.5. The van der Waals surface area contributed by atoms with Crippen molar-refractivity contribution in [1.82, 2.24) is 21.3 Å². The SMILES string of the molecule is CC(=O)c1cc(CC(=O)NNC(=O)c2ccccc2)cc(C(C)=NNC(=O)c2ccccc2)n1. The molecular weight excluding hydrogens is 434 g/mol. The number of hydrazine groups is 1. The highest BCUT2D eigenvalue weighted by Crippen LogP contribution is 2.10. The van der Waals surface area contributed by atoms with E-state index in [9.17, 15) is 19.2 Å². The van der Waals surface area contributed by atoms with Crippen LogP contribution >= 0.6 is 0 Å². The molecule has 0 saturated heterocycles. The van der Waals surface area contributed by atoms with Gasteiger partial charge in [-0.25, -0.2) is 10.4 Å². The van der Waals surface area contributed by atoms with Crippen molar-refractivity contribution < 1.29 is 19.2 Å². The van der Waals surface area contributed by atoms with Gasteiger partial charge < -0.3 is 0 Å². The Kier molecular flexibility index (Phi) is 7.96. The van der Waals surface area contributed by atoms with Gasteiger partial charge in [0.2, 0.25) is 5.91 Å². The van der Waals surface area contributed by atoms with E-state index in [4.69, 9.17) is 0 Å². The summed E-state index contributed by atoms with van der Waals surface area (Å²) in [6.07, 6.45) is -0.117. The molecular formula is C25H23N5O4. The fourth-order valence-electron chi connectivity index (χ4n) is 2.92. The van der Waals surface area contributed by atoms with E-state index in [-0.39, 0.29) is 17.9 Å². The summed E-state index contributed by atoms with van der Waals surface area (Å²) in [5, 5.41) is 4.07. The van der Waals surface area contributed by atoms with Crippen LogP contribution in [0.2, 0.25) is 0 Å². The van der Waals surface area contributed by atoms with Gasteiger partial charge in [0.1, 0.15) is 5.69 Å². The van der Waals surface area contributed by atoms with Crippen LogP contribution < -0.4 is 16.3 Å². The second-order valence-corrected chi connectivity index (χ2v) is 7.35. The number of hydrogen-bond acceptors (Lipinski definition) is 6. The van der Waals surface area contributed by atoms with Crippen molar-refractivity contribution in [2.24, 2.45) is 5.10 Å². The lowest BCUT2D eigenvalue weighted by atomic mass is 10.1. The predicted molar refractivity (Wildman–Crippen MR) is 126 cm³/mol. The summed E-state index contributed by atoms with van der Waals surface area (Å²) in [6, 6.07) is 20.1. The van der Waals surface area contributed by atoms with Crippen LogP contribution in [-0.2, 0) is 11.2 Å². The van der Waals surface area contributed by atoms with Crippen LogP contribution in [0.4, 0.5) is 0 Å². The summed E-state index contributed by atoms with van der Waals surface area (Å²) in [5.41, 5.74) is 9.33. The molecule has 0 spiro atoms. The van der Waals surface area contributed by atoms with Gasteiger partial charge in [0.25, 0.3) is 11.8 Å². The van der Waals surface area contributed by atoms with Crippen molar-refractivity contribution in [2.45, 2.75) is 20.3 Å². The Morgan fingerprint density at radius 1 is 0.765 bits per heavy atom. The standard InChI is InChI=1S/C25H23N5O4/c1-16(27-29-24(33)19-9-5-3-6-10-19)21-13-18(14-22(26-21)17(2)31)15-23(32)28-30-25(34)20-11-7-4-8-12-20/h3-14H,15H2,1-2H3,(H,28,32)(H,29,33)(H,30,34). The molecule has 3 rings (SSSR count). The van der Waals surface area contributed by atoms with E-state index in [2.05, 4.69) is 26.4 Å². The maximum Gasteiger partial charge on any atom is 0.271 e. The zero-order valence-corrected chi connectivity index (χ0v) is 18.7. The molecule has 0 aliphatic rings. The van der Waals surface area contributed by atoms with Gasteiger partial charge in [-0.1, -0.05) is 36.4 Å². The van der Waals surface area contributed by atoms with E-state index in [1.807, 2.05) is 0 Å². The predicted octanol–water partition coefficient (Wildman–Crippen LogP) is 2.44. The maximum atomic E-state index is 12.4. The average molecular weight is 457 g/mol. The molecule has 1 heterocycles. The van der Waals surface area contributed by atoms with E-state index >= 15 is 0 Å². The average Bonchev–Trinajstić information content (AvgIpc) is 2.86. The number of ketones is 1. The number of Topliss-reactive ketones (excluding diaryl/α,β-unsaturated/α-hetero) is 1. The van der Waals surface area contributed by atoms with Crippen molar-refractivity contribution in [3.8, 4) is 0 Å². The normalized spacial score (nSPS) is 10.8. The monoisotopic (exact) mass is 457 g/mol. The molecule has 3 aromatic rings. The lowest BCUT2D eigenvalue weighted by Gasteiger charge is -2.10. The number of pyridine rings is 1. The summed E-state index contributed by atoms with van der Waals surface area (Å²) in [6.45, 7) is 2.99. The van der Waals surface area contributed by atoms with E-state index in [0.29, 0.717) is 28.1 Å². The molecule has 2 aromatic carbocycles. The molecule has 3 amide bonds. The third-order valence-corrected chi connectivity index (χ3v) is 4.69. The molecule has 0 fully saturated rings. The Balaban J connectivity index is 1.70. The van der Waals surface area contributed by atoms with Crippen LogP contribution in [0.5, 0.6) is 0 Å². The van der Waals surface area contributed by atoms with Crippen molar-refractivity contribution in [1.29, 1.82) is 0 Å². The van der Waals surface area contributed by atoms with Gasteiger partial charge in [0.15, 0.2) is 5.78 Å². The first-order valence-electron chi connectivity index (χ1n) is 10.4. The molecule has 3 N–H and O–H groups in total. The highest BCUT2D eigenvalue weighted by Gasteiger charge is 2.13. The van der Waals surface area contributed by atoms with Gasteiger partial charge in [-0.3, -0.25) is 30.0 Å². The molecule has 0 radical (unpaired) electrons. The van der Waals surface area contributed by atoms with Crippen molar-refractivity contribution >= 4 is 29.2 Å². The second kappa shape index (κ2) is 11.3. The van der Waals surface area contributed by atoms with Crippen molar-refractivity contribution in [3.63, 3.8) is 0 Å². The topological polar surface area (TPSA) is 130 Å². The molecule has 9 heteroatoms. The van der Waals surface area contributed by atoms with Gasteiger partial charge >= 0.3 is 0 Å². The largest absolute Gasteiger partial charge is 0.293 e. The van der Waals surface area contributed by atoms with Crippen LogP contribution in [-0.4, -0.2) is 34.2 Å². The first kappa shape index (κ1) is 24.0. The van der Waals surface area contributed by atoms with Gasteiger partial charge in [-0.05, 0) is 48.9 Å². The zero-order valence-electron chi connectivity index (χ0n) is 18.7. The highest BCUT2D eigenvalue weighted by atomic mass is 16.2. The number of aromatic nitrogens is 1. The Hall–Kier alpha value is -4.66. The van der Waals surface area contributed by atoms with Crippen molar-refractivity contribution in [3.05, 3.63) is 101 Å². The number of nitrogens with one attached hydrogen (secondary N) is 3. The number of carbonyl (C=O) groups excluding carboxylic acids is 4. The molecule has 0 aliphatic carbocycles. The molecule has 0 saturated carbocycles. The molecule has 0 atom stereocenters. The van der Waals surface area contributed by atoms with E-state index in [1.165, 1.54) is 13.0 Å². The van der Waals surface area contributed by atoms with Crippen LogP contribution in [0.3, 0.4) is 0 Å². The molecule has 9 nitrogen and oxygen atoms in total. The fraction of sp³-hybridized carbons (Fsp3) is 0.120. The summed E-state index contributed by atoms with van der Waals surface area (Å²) in [5.74, 6) is -1.62. The molecule has 0 bridgehead atoms. The van der Waals surface area contributed by atoms with Crippen LogP contribution in [0.25, 0.3) is 0 Å². The number of hydrazone groups is 1. The Bertz CT molecular complexity index is 1240. The summed E-state index contributed by atoms with van der Waals surface area (Å²) < 4.78 is 0. The number of amides is 3. The molecule has 34 heavy (non-hydrogen) atoms. The molecule has 172 valence electrons. The molecule has 0 unspecified atom stereocenters. The smallest absolute Gasteiger partial charge is 0.271 e. The van der Waals surface area contributed by atoms with Crippen molar-refractivity contribution in [2.75, 3.05) is 0 Å². The van der Waals surface area contributed by atoms with Crippen LogP contribution in [0.15, 0.2) is 77.9 Å². The van der Waals surface area contributed by atoms with Crippen LogP contribution in [0, 0.1) is 0 Å². The lowest BCUT2D eigenvalue weighted by molar-refractivity contribution is -0.121. The Morgan fingerprint density at radius 3 is 1.91 bits per heavy atom. The Morgan fingerprint density at radius 2 is 1.32 bits per heavy atom. The second-order valence-electron chi connectivity index (χ2n) is 7.35. The summed E-state index contributed by atoms with van der Waals surface area (Å²) in [4.78, 5) is 52.9. The van der Waals surface area contributed by atoms with Gasteiger partial charge in [0, 0.05) is 18.1 Å². The minimum atomic E-state index is -0.483. The highest BCUT2D eigenvalue weighted by molar-refractivity contribution is 6.01. The number of carbonyl (C=O) groups is 4. The first-order valence-corrected chi connectivity index (χ1v) is 10.4. The quantitative estimate of drug-likeness (QED) is 0.285. The van der Waals surface area contributed by atoms with Crippen LogP contribution in [0.1, 0.15) is 56.3 Å². The maximum absolute atomic E-state index is 12.4. The van der Waals surface area contributed by atoms with E-state index < -0.39 is 17.7 Å².